The molecule has 1 unspecified atom stereocenters. The van der Waals surface area contributed by atoms with E-state index < -0.39 is 0 Å². The minimum absolute atomic E-state index is 0.169. The van der Waals surface area contributed by atoms with E-state index in [-0.39, 0.29) is 6.10 Å². The predicted octanol–water partition coefficient (Wildman–Crippen LogP) is 3.74. The van der Waals surface area contributed by atoms with Gasteiger partial charge in [0.05, 0.1) is 6.10 Å². The van der Waals surface area contributed by atoms with Gasteiger partial charge in [0.1, 0.15) is 0 Å². The van der Waals surface area contributed by atoms with Gasteiger partial charge in [0, 0.05) is 0 Å². The summed E-state index contributed by atoms with van der Waals surface area (Å²) in [6.45, 7) is 4.29. The van der Waals surface area contributed by atoms with Gasteiger partial charge in [0.15, 0.2) is 0 Å². The molecule has 0 radical (unpaired) electrons. The van der Waals surface area contributed by atoms with Crippen LogP contribution in [0.15, 0.2) is 18.2 Å². The monoisotopic (exact) mass is 264 g/mol. The van der Waals surface area contributed by atoms with E-state index in [2.05, 4.69) is 43.8 Å². The number of aryl methyl sites for hydroxylation is 2. The van der Waals surface area contributed by atoms with Crippen molar-refractivity contribution in [3.63, 3.8) is 0 Å². The topological polar surface area (TPSA) is 20.2 Å². The van der Waals surface area contributed by atoms with Crippen molar-refractivity contribution in [1.29, 1.82) is 0 Å². The molecule has 0 saturated carbocycles. The fraction of sp³-hybridized carbons (Fsp3) is 0.625. The molecule has 1 N–H and O–H groups in total. The van der Waals surface area contributed by atoms with E-state index in [9.17, 15) is 5.11 Å². The maximum absolute atomic E-state index is 10.3. The molecule has 1 aromatic rings. The summed E-state index contributed by atoms with van der Waals surface area (Å²) in [5, 5.41) is 10.3. The summed E-state index contributed by atoms with van der Waals surface area (Å²) in [5.41, 5.74) is 3.97. The molecule has 0 aromatic heterocycles. The molecule has 1 heterocycles. The van der Waals surface area contributed by atoms with Crippen LogP contribution >= 0.6 is 11.8 Å². The normalized spacial score (nSPS) is 18.8. The summed E-state index contributed by atoms with van der Waals surface area (Å²) in [6, 6.07) is 6.39. The van der Waals surface area contributed by atoms with Crippen LogP contribution in [0.25, 0.3) is 0 Å². The lowest BCUT2D eigenvalue weighted by atomic mass is 9.90. The third-order valence-electron chi connectivity index (χ3n) is 4.03. The number of aliphatic hydroxyl groups is 1. The second kappa shape index (κ2) is 6.63. The Kier molecular flexibility index (Phi) is 5.13. The molecule has 0 amide bonds. The van der Waals surface area contributed by atoms with Gasteiger partial charge in [-0.3, -0.25) is 0 Å². The van der Waals surface area contributed by atoms with Crippen molar-refractivity contribution in [2.24, 2.45) is 5.92 Å². The van der Waals surface area contributed by atoms with Gasteiger partial charge in [0.25, 0.3) is 0 Å². The third kappa shape index (κ3) is 3.76. The zero-order chi connectivity index (χ0) is 13.0. The minimum Gasteiger partial charge on any atom is -0.393 e. The number of hydrogen-bond acceptors (Lipinski definition) is 2. The van der Waals surface area contributed by atoms with Crippen LogP contribution in [0.3, 0.4) is 0 Å². The van der Waals surface area contributed by atoms with Gasteiger partial charge in [0.2, 0.25) is 0 Å². The lowest BCUT2D eigenvalue weighted by Crippen LogP contribution is -2.20. The van der Waals surface area contributed by atoms with E-state index in [1.807, 2.05) is 0 Å². The Morgan fingerprint density at radius 2 is 1.83 bits per heavy atom. The lowest BCUT2D eigenvalue weighted by Gasteiger charge is -2.24. The zero-order valence-electron chi connectivity index (χ0n) is 11.5. The largest absolute Gasteiger partial charge is 0.393 e. The summed E-state index contributed by atoms with van der Waals surface area (Å²) in [4.78, 5) is 0. The first kappa shape index (κ1) is 14.0. The smallest absolute Gasteiger partial charge is 0.0583 e. The van der Waals surface area contributed by atoms with Gasteiger partial charge in [-0.2, -0.15) is 11.8 Å². The Bertz CT molecular complexity index is 362. The molecular formula is C16H24OS. The van der Waals surface area contributed by atoms with Crippen LogP contribution in [0.5, 0.6) is 0 Å². The van der Waals surface area contributed by atoms with Gasteiger partial charge in [-0.25, -0.2) is 0 Å². The molecule has 1 fully saturated rings. The van der Waals surface area contributed by atoms with Crippen LogP contribution < -0.4 is 0 Å². The average Bonchev–Trinajstić information content (AvgIpc) is 2.35. The van der Waals surface area contributed by atoms with Gasteiger partial charge >= 0.3 is 0 Å². The Labute approximate surface area is 115 Å². The molecular weight excluding hydrogens is 240 g/mol. The van der Waals surface area contributed by atoms with Crippen molar-refractivity contribution in [3.8, 4) is 0 Å². The molecule has 0 bridgehead atoms. The van der Waals surface area contributed by atoms with E-state index >= 15 is 0 Å². The maximum Gasteiger partial charge on any atom is 0.0583 e. The maximum atomic E-state index is 10.3. The Balaban J connectivity index is 1.92. The summed E-state index contributed by atoms with van der Waals surface area (Å²) < 4.78 is 0. The number of rotatable bonds is 4. The number of aliphatic hydroxyl groups excluding tert-OH is 1. The molecule has 2 heteroatoms. The standard InChI is InChI=1S/C16H24OS/c1-12-4-3-5-13(2)16(12)11-15(17)10-14-6-8-18-9-7-14/h3-5,14-15,17H,6-11H2,1-2H3. The van der Waals surface area contributed by atoms with Crippen molar-refractivity contribution >= 4 is 11.8 Å². The van der Waals surface area contributed by atoms with Gasteiger partial charge in [-0.05, 0) is 73.6 Å². The number of benzene rings is 1. The number of hydrogen-bond donors (Lipinski definition) is 1. The summed E-state index contributed by atoms with van der Waals surface area (Å²) in [6.07, 6.45) is 4.21. The fourth-order valence-electron chi connectivity index (χ4n) is 2.86. The molecule has 1 atom stereocenters. The molecule has 18 heavy (non-hydrogen) atoms. The average molecular weight is 264 g/mol. The first-order valence-corrected chi connectivity index (χ1v) is 8.13. The SMILES string of the molecule is Cc1cccc(C)c1CC(O)CC1CCSCC1. The molecule has 2 rings (SSSR count). The van der Waals surface area contributed by atoms with Crippen LogP contribution in [-0.2, 0) is 6.42 Å². The molecule has 1 aliphatic heterocycles. The third-order valence-corrected chi connectivity index (χ3v) is 5.08. The minimum atomic E-state index is -0.169. The second-order valence-corrected chi connectivity index (χ2v) is 6.74. The van der Waals surface area contributed by atoms with Crippen molar-refractivity contribution < 1.29 is 5.11 Å². The molecule has 0 aliphatic carbocycles. The van der Waals surface area contributed by atoms with Crippen LogP contribution in [0.1, 0.15) is 36.0 Å². The summed E-state index contributed by atoms with van der Waals surface area (Å²) >= 11 is 2.05. The van der Waals surface area contributed by atoms with E-state index in [0.29, 0.717) is 0 Å². The van der Waals surface area contributed by atoms with E-state index in [0.717, 1.165) is 18.8 Å². The summed E-state index contributed by atoms with van der Waals surface area (Å²) in [7, 11) is 0. The van der Waals surface area contributed by atoms with E-state index in [4.69, 9.17) is 0 Å². The second-order valence-electron chi connectivity index (χ2n) is 5.52. The molecule has 100 valence electrons. The quantitative estimate of drug-likeness (QED) is 0.894. The molecule has 1 aliphatic rings. The van der Waals surface area contributed by atoms with Crippen molar-refractivity contribution in [2.45, 2.75) is 45.6 Å². The van der Waals surface area contributed by atoms with Crippen LogP contribution in [-0.4, -0.2) is 22.7 Å². The lowest BCUT2D eigenvalue weighted by molar-refractivity contribution is 0.139. The molecule has 1 nitrogen and oxygen atoms in total. The molecule has 0 spiro atoms. The van der Waals surface area contributed by atoms with Crippen molar-refractivity contribution in [1.82, 2.24) is 0 Å². The Hall–Kier alpha value is -0.470. The number of thioether (sulfide) groups is 1. The molecule has 1 saturated heterocycles. The highest BCUT2D eigenvalue weighted by Gasteiger charge is 2.18. The van der Waals surface area contributed by atoms with Crippen molar-refractivity contribution in [3.05, 3.63) is 34.9 Å². The zero-order valence-corrected chi connectivity index (χ0v) is 12.3. The van der Waals surface area contributed by atoms with E-state index in [1.165, 1.54) is 41.0 Å². The van der Waals surface area contributed by atoms with Crippen LogP contribution in [0.2, 0.25) is 0 Å². The predicted molar refractivity (Wildman–Crippen MR) is 80.3 cm³/mol. The van der Waals surface area contributed by atoms with Crippen LogP contribution in [0.4, 0.5) is 0 Å². The first-order valence-electron chi connectivity index (χ1n) is 6.97. The van der Waals surface area contributed by atoms with Crippen molar-refractivity contribution in [2.75, 3.05) is 11.5 Å². The fourth-order valence-corrected chi connectivity index (χ4v) is 4.06. The first-order chi connectivity index (χ1) is 8.66. The van der Waals surface area contributed by atoms with Gasteiger partial charge < -0.3 is 5.11 Å². The Morgan fingerprint density at radius 3 is 2.44 bits per heavy atom. The van der Waals surface area contributed by atoms with Gasteiger partial charge in [-0.15, -0.1) is 0 Å². The van der Waals surface area contributed by atoms with Gasteiger partial charge in [-0.1, -0.05) is 18.2 Å². The highest BCUT2D eigenvalue weighted by molar-refractivity contribution is 7.99. The van der Waals surface area contributed by atoms with Crippen LogP contribution in [0, 0.1) is 19.8 Å². The van der Waals surface area contributed by atoms with E-state index in [1.54, 1.807) is 0 Å². The highest BCUT2D eigenvalue weighted by atomic mass is 32.2. The molecule has 1 aromatic carbocycles. The highest BCUT2D eigenvalue weighted by Crippen LogP contribution is 2.27. The summed E-state index contributed by atoms with van der Waals surface area (Å²) in [5.74, 6) is 3.30. The Morgan fingerprint density at radius 1 is 1.22 bits per heavy atom.